The molecule has 2 fully saturated rings. The fraction of sp³-hybridized carbons (Fsp3) is 0.553. The third-order valence-electron chi connectivity index (χ3n) is 9.67. The van der Waals surface area contributed by atoms with Crippen molar-refractivity contribution in [2.75, 3.05) is 6.61 Å². The van der Waals surface area contributed by atoms with Crippen LogP contribution in [0.5, 0.6) is 5.75 Å². The van der Waals surface area contributed by atoms with Crippen molar-refractivity contribution in [3.8, 4) is 5.75 Å². The lowest BCUT2D eigenvalue weighted by molar-refractivity contribution is -0.172. The molecule has 0 radical (unpaired) electrons. The number of rotatable bonds is 11. The van der Waals surface area contributed by atoms with E-state index in [2.05, 4.69) is 18.2 Å². The predicted octanol–water partition coefficient (Wildman–Crippen LogP) is 8.67. The fourth-order valence-corrected chi connectivity index (χ4v) is 7.65. The summed E-state index contributed by atoms with van der Waals surface area (Å²) in [6.07, 6.45) is 4.56. The van der Waals surface area contributed by atoms with Gasteiger partial charge in [-0.1, -0.05) is 56.3 Å². The molecule has 3 aromatic carbocycles. The normalized spacial score (nSPS) is 21.4. The lowest BCUT2D eigenvalue weighted by Crippen LogP contribution is -2.45. The largest absolute Gasteiger partial charge is 0.465 e. The molecule has 2 saturated carbocycles. The van der Waals surface area contributed by atoms with Crippen LogP contribution in [0.25, 0.3) is 21.5 Å². The first-order valence-corrected chi connectivity index (χ1v) is 16.2. The molecule has 2 bridgehead atoms. The van der Waals surface area contributed by atoms with Crippen LogP contribution in [0, 0.1) is 34.0 Å². The van der Waals surface area contributed by atoms with Gasteiger partial charge in [-0.25, -0.2) is 0 Å². The third-order valence-corrected chi connectivity index (χ3v) is 9.67. The van der Waals surface area contributed by atoms with E-state index in [-0.39, 0.29) is 36.8 Å². The van der Waals surface area contributed by atoms with Crippen LogP contribution >= 0.6 is 0 Å². The molecule has 236 valence electrons. The third kappa shape index (κ3) is 6.79. The van der Waals surface area contributed by atoms with Crippen molar-refractivity contribution in [1.29, 1.82) is 0 Å². The number of benzene rings is 3. The average molecular weight is 601 g/mol. The number of fused-ring (bicyclic) bond motifs is 5. The lowest BCUT2D eigenvalue weighted by atomic mass is 9.66. The molecule has 6 heteroatoms. The Morgan fingerprint density at radius 1 is 0.773 bits per heavy atom. The summed E-state index contributed by atoms with van der Waals surface area (Å²) in [5.74, 6) is 0.545. The summed E-state index contributed by atoms with van der Waals surface area (Å²) in [4.78, 5) is 41.0. The van der Waals surface area contributed by atoms with E-state index >= 15 is 0 Å². The molecule has 0 heterocycles. The van der Waals surface area contributed by atoms with E-state index in [1.807, 2.05) is 71.0 Å². The van der Waals surface area contributed by atoms with E-state index in [9.17, 15) is 14.4 Å². The van der Waals surface area contributed by atoms with Gasteiger partial charge >= 0.3 is 17.9 Å². The molecule has 4 atom stereocenters. The number of esters is 3. The Balaban J connectivity index is 1.36. The summed E-state index contributed by atoms with van der Waals surface area (Å²) in [5.41, 5.74) is -3.12. The Morgan fingerprint density at radius 2 is 1.43 bits per heavy atom. The van der Waals surface area contributed by atoms with Gasteiger partial charge in [0.05, 0.1) is 22.9 Å². The van der Waals surface area contributed by atoms with Crippen LogP contribution in [-0.2, 0) is 23.9 Å². The van der Waals surface area contributed by atoms with Gasteiger partial charge in [-0.2, -0.15) is 0 Å². The van der Waals surface area contributed by atoms with Crippen molar-refractivity contribution < 1.29 is 28.6 Å². The first-order valence-electron chi connectivity index (χ1n) is 16.2. The SMILES string of the molecule is CC(C)COC(=O)C(C)(C)CC(C)(CC(C)(C)C(=O)Oc1ccc2c(ccc3ccccc32)c1)C(=O)OC1CC2CCC1C2. The predicted molar refractivity (Wildman–Crippen MR) is 173 cm³/mol. The van der Waals surface area contributed by atoms with E-state index in [1.165, 1.54) is 6.42 Å². The second-order valence-corrected chi connectivity index (χ2v) is 15.4. The molecule has 3 aromatic rings. The van der Waals surface area contributed by atoms with Crippen LogP contribution in [0.2, 0.25) is 0 Å². The first-order chi connectivity index (χ1) is 20.7. The van der Waals surface area contributed by atoms with Crippen molar-refractivity contribution in [3.63, 3.8) is 0 Å². The molecule has 0 N–H and O–H groups in total. The monoisotopic (exact) mass is 600 g/mol. The van der Waals surface area contributed by atoms with Crippen LogP contribution in [0.3, 0.4) is 0 Å². The Hall–Kier alpha value is -3.41. The van der Waals surface area contributed by atoms with Gasteiger partial charge in [-0.05, 0) is 125 Å². The van der Waals surface area contributed by atoms with E-state index in [0.717, 1.165) is 40.8 Å². The van der Waals surface area contributed by atoms with Crippen LogP contribution in [0.4, 0.5) is 0 Å². The van der Waals surface area contributed by atoms with E-state index in [1.54, 1.807) is 13.8 Å². The highest BCUT2D eigenvalue weighted by molar-refractivity contribution is 6.07. The molecule has 6 nitrogen and oxygen atoms in total. The molecule has 0 aliphatic heterocycles. The van der Waals surface area contributed by atoms with Gasteiger partial charge in [0, 0.05) is 0 Å². The van der Waals surface area contributed by atoms with Crippen LogP contribution in [-0.4, -0.2) is 30.6 Å². The average Bonchev–Trinajstić information content (AvgIpc) is 3.58. The van der Waals surface area contributed by atoms with Crippen molar-refractivity contribution in [3.05, 3.63) is 54.6 Å². The molecule has 5 rings (SSSR count). The highest BCUT2D eigenvalue weighted by Crippen LogP contribution is 2.49. The van der Waals surface area contributed by atoms with Crippen LogP contribution < -0.4 is 4.74 Å². The standard InChI is InChI=1S/C38H48O6/c1-24(2)21-42-33(39)36(3,4)22-38(7,35(41)44-32-19-25-12-13-28(32)18-25)23-37(5,6)34(40)43-29-16-17-31-27(20-29)15-14-26-10-8-9-11-30(26)31/h8-11,14-17,20,24-25,28,32H,12-13,18-19,21-23H2,1-7H3. The topological polar surface area (TPSA) is 78.9 Å². The molecule has 0 aromatic heterocycles. The van der Waals surface area contributed by atoms with Crippen LogP contribution in [0.15, 0.2) is 54.6 Å². The van der Waals surface area contributed by atoms with Gasteiger partial charge in [-0.15, -0.1) is 0 Å². The summed E-state index contributed by atoms with van der Waals surface area (Å²) in [7, 11) is 0. The first kappa shape index (κ1) is 32.0. The zero-order valence-electron chi connectivity index (χ0n) is 27.4. The second kappa shape index (κ2) is 12.2. The quantitative estimate of drug-likeness (QED) is 0.124. The minimum Gasteiger partial charge on any atom is -0.465 e. The Bertz CT molecular complexity index is 1550. The number of ether oxygens (including phenoxy) is 3. The highest BCUT2D eigenvalue weighted by atomic mass is 16.6. The molecule has 0 amide bonds. The smallest absolute Gasteiger partial charge is 0.316 e. The zero-order valence-corrected chi connectivity index (χ0v) is 27.4. The van der Waals surface area contributed by atoms with Gasteiger partial charge < -0.3 is 14.2 Å². The fourth-order valence-electron chi connectivity index (χ4n) is 7.65. The van der Waals surface area contributed by atoms with Gasteiger partial charge in [0.2, 0.25) is 0 Å². The maximum Gasteiger partial charge on any atom is 0.316 e. The minimum absolute atomic E-state index is 0.0969. The molecule has 4 unspecified atom stereocenters. The summed E-state index contributed by atoms with van der Waals surface area (Å²) in [6, 6.07) is 18.0. The maximum absolute atomic E-state index is 14.0. The Morgan fingerprint density at radius 3 is 2.09 bits per heavy atom. The number of carbonyl (C=O) groups excluding carboxylic acids is 3. The van der Waals surface area contributed by atoms with Crippen molar-refractivity contribution in [2.45, 2.75) is 93.1 Å². The Kier molecular flexibility index (Phi) is 8.85. The molecule has 0 spiro atoms. The van der Waals surface area contributed by atoms with Gasteiger partial charge in [0.25, 0.3) is 0 Å². The Labute approximate surface area is 261 Å². The number of hydrogen-bond acceptors (Lipinski definition) is 6. The van der Waals surface area contributed by atoms with Gasteiger partial charge in [0.1, 0.15) is 11.9 Å². The van der Waals surface area contributed by atoms with E-state index in [4.69, 9.17) is 14.2 Å². The molecular formula is C38H48O6. The summed E-state index contributed by atoms with van der Waals surface area (Å²) in [6.45, 7) is 13.3. The molecule has 2 aliphatic rings. The van der Waals surface area contributed by atoms with Gasteiger partial charge in [0.15, 0.2) is 0 Å². The molecule has 0 saturated heterocycles. The molecule has 44 heavy (non-hydrogen) atoms. The highest BCUT2D eigenvalue weighted by Gasteiger charge is 2.51. The van der Waals surface area contributed by atoms with E-state index < -0.39 is 22.2 Å². The van der Waals surface area contributed by atoms with Gasteiger partial charge in [-0.3, -0.25) is 14.4 Å². The summed E-state index contributed by atoms with van der Waals surface area (Å²) in [5, 5.41) is 4.36. The van der Waals surface area contributed by atoms with Crippen LogP contribution in [0.1, 0.15) is 87.0 Å². The zero-order chi connectivity index (χ0) is 31.9. The molecular weight excluding hydrogens is 552 g/mol. The molecule has 2 aliphatic carbocycles. The van der Waals surface area contributed by atoms with E-state index in [0.29, 0.717) is 24.2 Å². The lowest BCUT2D eigenvalue weighted by Gasteiger charge is -2.39. The maximum atomic E-state index is 14.0. The minimum atomic E-state index is -1.12. The van der Waals surface area contributed by atoms with Crippen molar-refractivity contribution in [1.82, 2.24) is 0 Å². The van der Waals surface area contributed by atoms with Crippen molar-refractivity contribution in [2.24, 2.45) is 34.0 Å². The summed E-state index contributed by atoms with van der Waals surface area (Å²) < 4.78 is 17.8. The van der Waals surface area contributed by atoms with Crippen molar-refractivity contribution >= 4 is 39.5 Å². The number of hydrogen-bond donors (Lipinski definition) is 0. The number of carbonyl (C=O) groups is 3. The second-order valence-electron chi connectivity index (χ2n) is 15.4. The summed E-state index contributed by atoms with van der Waals surface area (Å²) >= 11 is 0.